The maximum absolute atomic E-state index is 12.9. The van der Waals surface area contributed by atoms with Crippen molar-refractivity contribution in [1.82, 2.24) is 9.97 Å². The van der Waals surface area contributed by atoms with E-state index in [9.17, 15) is 8.78 Å². The fourth-order valence-corrected chi connectivity index (χ4v) is 2.15. The lowest BCUT2D eigenvalue weighted by Crippen LogP contribution is -2.01. The SMILES string of the molecule is FC(F)c1nc(-c2ccccc2Br)ncc1CCl. The van der Waals surface area contributed by atoms with Gasteiger partial charge >= 0.3 is 0 Å². The van der Waals surface area contributed by atoms with Crippen LogP contribution in [0.15, 0.2) is 34.9 Å². The molecule has 0 bridgehead atoms. The van der Waals surface area contributed by atoms with E-state index in [1.807, 2.05) is 6.07 Å². The summed E-state index contributed by atoms with van der Waals surface area (Å²) in [6.07, 6.45) is -1.32. The third-order valence-electron chi connectivity index (χ3n) is 2.36. The van der Waals surface area contributed by atoms with Crippen LogP contribution in [0.25, 0.3) is 11.4 Å². The molecule has 0 aliphatic carbocycles. The van der Waals surface area contributed by atoms with E-state index in [2.05, 4.69) is 25.9 Å². The average Bonchev–Trinajstić information content (AvgIpc) is 2.38. The number of hydrogen-bond acceptors (Lipinski definition) is 2. The summed E-state index contributed by atoms with van der Waals surface area (Å²) >= 11 is 8.92. The maximum atomic E-state index is 12.9. The molecule has 94 valence electrons. The first kappa shape index (κ1) is 13.4. The molecular weight excluding hydrogens is 325 g/mol. The van der Waals surface area contributed by atoms with Gasteiger partial charge in [0.25, 0.3) is 6.43 Å². The van der Waals surface area contributed by atoms with E-state index in [0.29, 0.717) is 5.56 Å². The maximum Gasteiger partial charge on any atom is 0.280 e. The van der Waals surface area contributed by atoms with Gasteiger partial charge in [-0.15, -0.1) is 11.6 Å². The second kappa shape index (κ2) is 5.71. The van der Waals surface area contributed by atoms with Crippen molar-refractivity contribution in [2.45, 2.75) is 12.3 Å². The molecule has 0 saturated carbocycles. The lowest BCUT2D eigenvalue weighted by atomic mass is 10.2. The van der Waals surface area contributed by atoms with E-state index in [0.717, 1.165) is 4.47 Å². The van der Waals surface area contributed by atoms with Crippen molar-refractivity contribution < 1.29 is 8.78 Å². The summed E-state index contributed by atoms with van der Waals surface area (Å²) in [5.74, 6) is 0.224. The first-order valence-corrected chi connectivity index (χ1v) is 6.41. The van der Waals surface area contributed by atoms with Crippen molar-refractivity contribution >= 4 is 27.5 Å². The van der Waals surface area contributed by atoms with Gasteiger partial charge in [0.05, 0.1) is 5.88 Å². The number of benzene rings is 1. The molecule has 2 nitrogen and oxygen atoms in total. The molecule has 1 heterocycles. The Hall–Kier alpha value is -1.07. The molecule has 18 heavy (non-hydrogen) atoms. The standard InChI is InChI=1S/C12H8BrClF2N2/c13-9-4-2-1-3-8(9)12-17-6-7(5-14)10(18-12)11(15)16/h1-4,6,11H,5H2. The van der Waals surface area contributed by atoms with E-state index in [4.69, 9.17) is 11.6 Å². The highest BCUT2D eigenvalue weighted by Gasteiger charge is 2.17. The minimum absolute atomic E-state index is 0.0318. The van der Waals surface area contributed by atoms with Crippen LogP contribution >= 0.6 is 27.5 Å². The molecule has 0 amide bonds. The Balaban J connectivity index is 2.54. The van der Waals surface area contributed by atoms with Gasteiger partial charge in [-0.25, -0.2) is 18.7 Å². The largest absolute Gasteiger partial charge is 0.280 e. The minimum atomic E-state index is -2.66. The van der Waals surface area contributed by atoms with Gasteiger partial charge in [0, 0.05) is 21.8 Å². The van der Waals surface area contributed by atoms with Crippen LogP contribution in [-0.2, 0) is 5.88 Å². The molecular formula is C12H8BrClF2N2. The number of alkyl halides is 3. The number of halogens is 4. The van der Waals surface area contributed by atoms with Crippen molar-refractivity contribution in [3.63, 3.8) is 0 Å². The number of aromatic nitrogens is 2. The van der Waals surface area contributed by atoms with Crippen LogP contribution < -0.4 is 0 Å². The molecule has 0 saturated heterocycles. The van der Waals surface area contributed by atoms with Crippen molar-refractivity contribution in [3.05, 3.63) is 46.2 Å². The summed E-state index contributed by atoms with van der Waals surface area (Å²) in [6.45, 7) is 0. The fourth-order valence-electron chi connectivity index (χ4n) is 1.48. The number of rotatable bonds is 3. The molecule has 0 unspecified atom stereocenters. The predicted octanol–water partition coefficient (Wildman–Crippen LogP) is 4.58. The first-order chi connectivity index (χ1) is 8.63. The quantitative estimate of drug-likeness (QED) is 0.768. The molecule has 1 aromatic heterocycles. The molecule has 2 rings (SSSR count). The monoisotopic (exact) mass is 332 g/mol. The Morgan fingerprint density at radius 3 is 2.61 bits per heavy atom. The molecule has 0 aliphatic heterocycles. The van der Waals surface area contributed by atoms with E-state index in [-0.39, 0.29) is 23.0 Å². The molecule has 6 heteroatoms. The van der Waals surface area contributed by atoms with Crippen LogP contribution in [-0.4, -0.2) is 9.97 Å². The number of nitrogens with zero attached hydrogens (tertiary/aromatic N) is 2. The molecule has 0 fully saturated rings. The van der Waals surface area contributed by atoms with Crippen molar-refractivity contribution in [2.24, 2.45) is 0 Å². The molecule has 2 aromatic rings. The van der Waals surface area contributed by atoms with Gasteiger partial charge in [-0.05, 0) is 6.07 Å². The van der Waals surface area contributed by atoms with Crippen molar-refractivity contribution in [2.75, 3.05) is 0 Å². The molecule has 0 spiro atoms. The van der Waals surface area contributed by atoms with Gasteiger partial charge in [-0.3, -0.25) is 0 Å². The highest BCUT2D eigenvalue weighted by atomic mass is 79.9. The zero-order chi connectivity index (χ0) is 13.1. The molecule has 1 aromatic carbocycles. The topological polar surface area (TPSA) is 25.8 Å². The second-order valence-corrected chi connectivity index (χ2v) is 4.64. The number of hydrogen-bond donors (Lipinski definition) is 0. The molecule has 0 N–H and O–H groups in total. The van der Waals surface area contributed by atoms with E-state index >= 15 is 0 Å². The average molecular weight is 334 g/mol. The van der Waals surface area contributed by atoms with Crippen molar-refractivity contribution in [1.29, 1.82) is 0 Å². The van der Waals surface area contributed by atoms with Crippen LogP contribution in [0.2, 0.25) is 0 Å². The molecule has 0 atom stereocenters. The zero-order valence-corrected chi connectivity index (χ0v) is 11.4. The Morgan fingerprint density at radius 2 is 2.00 bits per heavy atom. The van der Waals surface area contributed by atoms with Gasteiger partial charge < -0.3 is 0 Å². The van der Waals surface area contributed by atoms with E-state index < -0.39 is 6.43 Å². The van der Waals surface area contributed by atoms with E-state index in [1.165, 1.54) is 6.20 Å². The predicted molar refractivity (Wildman–Crippen MR) is 69.7 cm³/mol. The second-order valence-electron chi connectivity index (χ2n) is 3.52. The summed E-state index contributed by atoms with van der Waals surface area (Å²) in [5, 5.41) is 0. The van der Waals surface area contributed by atoms with Crippen LogP contribution in [0, 0.1) is 0 Å². The van der Waals surface area contributed by atoms with Crippen LogP contribution in [0.3, 0.4) is 0 Å². The Morgan fingerprint density at radius 1 is 1.28 bits per heavy atom. The van der Waals surface area contributed by atoms with Gasteiger partial charge in [-0.2, -0.15) is 0 Å². The van der Waals surface area contributed by atoms with Crippen molar-refractivity contribution in [3.8, 4) is 11.4 Å². The summed E-state index contributed by atoms with van der Waals surface area (Å²) in [6, 6.07) is 7.18. The van der Waals surface area contributed by atoms with Crippen LogP contribution in [0.4, 0.5) is 8.78 Å². The Labute approximate surface area is 116 Å². The van der Waals surface area contributed by atoms with Crippen LogP contribution in [0.5, 0.6) is 0 Å². The normalized spacial score (nSPS) is 10.9. The molecule has 0 aliphatic rings. The highest BCUT2D eigenvalue weighted by molar-refractivity contribution is 9.10. The van der Waals surface area contributed by atoms with Gasteiger partial charge in [-0.1, -0.05) is 34.1 Å². The third-order valence-corrected chi connectivity index (χ3v) is 3.34. The fraction of sp³-hybridized carbons (Fsp3) is 0.167. The third kappa shape index (κ3) is 2.67. The van der Waals surface area contributed by atoms with Crippen LogP contribution in [0.1, 0.15) is 17.7 Å². The lowest BCUT2D eigenvalue weighted by Gasteiger charge is -2.08. The smallest absolute Gasteiger partial charge is 0.236 e. The van der Waals surface area contributed by atoms with Gasteiger partial charge in [0.15, 0.2) is 5.82 Å². The highest BCUT2D eigenvalue weighted by Crippen LogP contribution is 2.28. The Bertz CT molecular complexity index is 564. The summed E-state index contributed by atoms with van der Waals surface area (Å²) < 4.78 is 26.5. The lowest BCUT2D eigenvalue weighted by molar-refractivity contribution is 0.145. The summed E-state index contributed by atoms with van der Waals surface area (Å²) in [5.41, 5.74) is 0.605. The van der Waals surface area contributed by atoms with Gasteiger partial charge in [0.1, 0.15) is 5.69 Å². The minimum Gasteiger partial charge on any atom is -0.236 e. The Kier molecular flexibility index (Phi) is 4.24. The zero-order valence-electron chi connectivity index (χ0n) is 9.08. The van der Waals surface area contributed by atoms with Gasteiger partial charge in [0.2, 0.25) is 0 Å². The molecule has 0 radical (unpaired) electrons. The summed E-state index contributed by atoms with van der Waals surface area (Å²) in [4.78, 5) is 7.96. The van der Waals surface area contributed by atoms with E-state index in [1.54, 1.807) is 18.2 Å². The summed E-state index contributed by atoms with van der Waals surface area (Å²) in [7, 11) is 0. The first-order valence-electron chi connectivity index (χ1n) is 5.08.